The van der Waals surface area contributed by atoms with E-state index in [1.807, 2.05) is 24.4 Å². The van der Waals surface area contributed by atoms with Crippen LogP contribution in [0.25, 0.3) is 27.7 Å². The Labute approximate surface area is 182 Å². The van der Waals surface area contributed by atoms with E-state index >= 15 is 0 Å². The second kappa shape index (κ2) is 7.99. The number of nitrogens with zero attached hydrogens (tertiary/aromatic N) is 5. The molecule has 1 atom stereocenters. The van der Waals surface area contributed by atoms with Gasteiger partial charge in [-0.3, -0.25) is 9.59 Å². The molecule has 5 rings (SSSR count). The van der Waals surface area contributed by atoms with Gasteiger partial charge in [0, 0.05) is 48.0 Å². The first-order chi connectivity index (χ1) is 15.1. The lowest BCUT2D eigenvalue weighted by Gasteiger charge is -2.16. The van der Waals surface area contributed by atoms with Crippen molar-refractivity contribution in [3.63, 3.8) is 0 Å². The minimum absolute atomic E-state index is 0.0283. The van der Waals surface area contributed by atoms with Crippen LogP contribution in [-0.4, -0.2) is 67.0 Å². The van der Waals surface area contributed by atoms with Crippen molar-refractivity contribution < 1.29 is 9.59 Å². The predicted molar refractivity (Wildman–Crippen MR) is 116 cm³/mol. The Morgan fingerprint density at radius 2 is 2.13 bits per heavy atom. The maximum atomic E-state index is 12.4. The number of rotatable bonds is 5. The molecule has 0 bridgehead atoms. The van der Waals surface area contributed by atoms with Crippen LogP contribution in [0.4, 0.5) is 0 Å². The number of H-pyrrole nitrogens is 1. The van der Waals surface area contributed by atoms with Crippen LogP contribution in [0.15, 0.2) is 42.9 Å². The van der Waals surface area contributed by atoms with Crippen molar-refractivity contribution in [2.24, 2.45) is 0 Å². The summed E-state index contributed by atoms with van der Waals surface area (Å²) in [4.78, 5) is 33.4. The Hall–Kier alpha value is -3.46. The van der Waals surface area contributed by atoms with Crippen molar-refractivity contribution >= 4 is 40.0 Å². The number of carbonyl (C=O) groups is 2. The first-order valence-corrected chi connectivity index (χ1v) is 10.5. The Morgan fingerprint density at radius 3 is 3.00 bits per heavy atom. The molecule has 0 saturated carbocycles. The summed E-state index contributed by atoms with van der Waals surface area (Å²) in [6, 6.07) is 7.97. The Morgan fingerprint density at radius 1 is 1.23 bits per heavy atom. The Bertz CT molecular complexity index is 1280. The van der Waals surface area contributed by atoms with Gasteiger partial charge in [0.15, 0.2) is 0 Å². The summed E-state index contributed by atoms with van der Waals surface area (Å²) in [7, 11) is 0. The summed E-state index contributed by atoms with van der Waals surface area (Å²) in [6.45, 7) is 1.22. The lowest BCUT2D eigenvalue weighted by Crippen LogP contribution is -2.39. The van der Waals surface area contributed by atoms with Gasteiger partial charge in [0.25, 0.3) is 0 Å². The number of likely N-dealkylation sites (tertiary alicyclic amines) is 1. The highest BCUT2D eigenvalue weighted by atomic mass is 35.5. The lowest BCUT2D eigenvalue weighted by molar-refractivity contribution is -0.131. The first kappa shape index (κ1) is 19.5. The summed E-state index contributed by atoms with van der Waals surface area (Å²) < 4.78 is 1.61. The molecule has 158 valence electrons. The van der Waals surface area contributed by atoms with Crippen LogP contribution in [0.1, 0.15) is 18.0 Å². The van der Waals surface area contributed by atoms with Gasteiger partial charge in [-0.05, 0) is 36.2 Å². The van der Waals surface area contributed by atoms with Gasteiger partial charge in [0.2, 0.25) is 11.8 Å². The van der Waals surface area contributed by atoms with Crippen LogP contribution in [0, 0.1) is 0 Å². The fourth-order valence-corrected chi connectivity index (χ4v) is 4.21. The van der Waals surface area contributed by atoms with Crippen molar-refractivity contribution in [2.45, 2.75) is 12.3 Å². The zero-order valence-corrected chi connectivity index (χ0v) is 17.3. The molecule has 0 spiro atoms. The molecule has 1 fully saturated rings. The number of aromatic amines is 1. The number of aromatic nitrogens is 5. The number of hydrogen-bond acceptors (Lipinski definition) is 5. The van der Waals surface area contributed by atoms with Gasteiger partial charge in [-0.15, -0.1) is 11.6 Å². The van der Waals surface area contributed by atoms with Gasteiger partial charge in [-0.25, -0.2) is 4.98 Å². The third-order valence-corrected chi connectivity index (χ3v) is 5.93. The van der Waals surface area contributed by atoms with E-state index in [0.717, 1.165) is 39.8 Å². The van der Waals surface area contributed by atoms with E-state index < -0.39 is 0 Å². The van der Waals surface area contributed by atoms with E-state index in [-0.39, 0.29) is 30.2 Å². The standard InChI is InChI=1S/C21H20ClN7O2/c22-9-19(30)24-11-20(31)28-7-4-13(12-28)17-8-15-14(3-6-23-21(15)27-17)16-10-26-29-18(16)2-1-5-25-29/h1-3,5-6,8,10,13H,4,7,9,11-12H2,(H,23,27)(H,24,30). The van der Waals surface area contributed by atoms with E-state index in [2.05, 4.69) is 31.5 Å². The fourth-order valence-electron chi connectivity index (χ4n) is 4.12. The zero-order valence-electron chi connectivity index (χ0n) is 16.6. The van der Waals surface area contributed by atoms with Crippen molar-refractivity contribution in [3.05, 3.63) is 48.5 Å². The quantitative estimate of drug-likeness (QED) is 0.464. The van der Waals surface area contributed by atoms with Crippen LogP contribution in [0.2, 0.25) is 0 Å². The maximum Gasteiger partial charge on any atom is 0.241 e. The third kappa shape index (κ3) is 3.61. The number of hydrogen-bond donors (Lipinski definition) is 2. The highest BCUT2D eigenvalue weighted by molar-refractivity contribution is 6.27. The van der Waals surface area contributed by atoms with Gasteiger partial charge in [0.05, 0.1) is 18.3 Å². The molecule has 10 heteroatoms. The summed E-state index contributed by atoms with van der Waals surface area (Å²) in [5.74, 6) is -0.416. The molecule has 2 N–H and O–H groups in total. The molecule has 0 radical (unpaired) electrons. The van der Waals surface area contributed by atoms with Crippen LogP contribution < -0.4 is 5.32 Å². The average molecular weight is 438 g/mol. The van der Waals surface area contributed by atoms with Crippen LogP contribution in [0.5, 0.6) is 0 Å². The number of carbonyl (C=O) groups excluding carboxylic acids is 2. The number of amides is 2. The molecule has 4 aromatic heterocycles. The minimum Gasteiger partial charge on any atom is -0.346 e. The topological polar surface area (TPSA) is 108 Å². The molecule has 1 saturated heterocycles. The number of halogens is 1. The molecule has 1 aliphatic heterocycles. The third-order valence-electron chi connectivity index (χ3n) is 5.69. The van der Waals surface area contributed by atoms with E-state index in [0.29, 0.717) is 13.1 Å². The normalized spacial score (nSPS) is 16.3. The molecule has 2 amide bonds. The second-order valence-corrected chi connectivity index (χ2v) is 7.81. The second-order valence-electron chi connectivity index (χ2n) is 7.54. The van der Waals surface area contributed by atoms with Gasteiger partial charge in [0.1, 0.15) is 11.5 Å². The van der Waals surface area contributed by atoms with E-state index in [9.17, 15) is 9.59 Å². The summed E-state index contributed by atoms with van der Waals surface area (Å²) in [5.41, 5.74) is 4.79. The molecule has 0 aliphatic carbocycles. The molecule has 4 aromatic rings. The number of pyridine rings is 1. The highest BCUT2D eigenvalue weighted by Crippen LogP contribution is 2.34. The van der Waals surface area contributed by atoms with Crippen molar-refractivity contribution in [1.29, 1.82) is 0 Å². The first-order valence-electron chi connectivity index (χ1n) is 10.0. The number of alkyl halides is 1. The van der Waals surface area contributed by atoms with Crippen molar-refractivity contribution in [3.8, 4) is 11.1 Å². The maximum absolute atomic E-state index is 12.4. The SMILES string of the molecule is O=C(CCl)NCC(=O)N1CCC(c2cc3c(-c4cnn5ncccc45)ccnc3[nH]2)C1. The molecular weight excluding hydrogens is 418 g/mol. The monoisotopic (exact) mass is 437 g/mol. The van der Waals surface area contributed by atoms with Gasteiger partial charge < -0.3 is 15.2 Å². The molecule has 5 heterocycles. The van der Waals surface area contributed by atoms with Crippen molar-refractivity contribution in [1.82, 2.24) is 35.0 Å². The Kier molecular flexibility index (Phi) is 5.03. The smallest absolute Gasteiger partial charge is 0.241 e. The number of nitrogens with one attached hydrogen (secondary N) is 2. The molecule has 1 unspecified atom stereocenters. The lowest BCUT2D eigenvalue weighted by atomic mass is 10.0. The van der Waals surface area contributed by atoms with E-state index in [4.69, 9.17) is 11.6 Å². The fraction of sp³-hybridized carbons (Fsp3) is 0.286. The largest absolute Gasteiger partial charge is 0.346 e. The van der Waals surface area contributed by atoms with Crippen LogP contribution in [0.3, 0.4) is 0 Å². The highest BCUT2D eigenvalue weighted by Gasteiger charge is 2.29. The zero-order chi connectivity index (χ0) is 21.4. The summed E-state index contributed by atoms with van der Waals surface area (Å²) >= 11 is 5.46. The predicted octanol–water partition coefficient (Wildman–Crippen LogP) is 1.94. The van der Waals surface area contributed by atoms with Crippen molar-refractivity contribution in [2.75, 3.05) is 25.5 Å². The van der Waals surface area contributed by atoms with Gasteiger partial charge in [-0.2, -0.15) is 14.8 Å². The molecule has 9 nitrogen and oxygen atoms in total. The minimum atomic E-state index is -0.345. The molecule has 31 heavy (non-hydrogen) atoms. The molecule has 1 aliphatic rings. The molecule has 0 aromatic carbocycles. The summed E-state index contributed by atoms with van der Waals surface area (Å²) in [5, 5.41) is 12.1. The summed E-state index contributed by atoms with van der Waals surface area (Å²) in [6.07, 6.45) is 6.14. The van der Waals surface area contributed by atoms with Crippen LogP contribution >= 0.6 is 11.6 Å². The van der Waals surface area contributed by atoms with E-state index in [1.165, 1.54) is 0 Å². The van der Waals surface area contributed by atoms with Gasteiger partial charge in [-0.1, -0.05) is 0 Å². The molecular formula is C21H20ClN7O2. The number of fused-ring (bicyclic) bond motifs is 2. The Balaban J connectivity index is 1.40. The van der Waals surface area contributed by atoms with Gasteiger partial charge >= 0.3 is 0 Å². The van der Waals surface area contributed by atoms with E-state index in [1.54, 1.807) is 21.9 Å². The average Bonchev–Trinajstić information content (AvgIpc) is 3.54. The van der Waals surface area contributed by atoms with Crippen LogP contribution in [-0.2, 0) is 9.59 Å².